The molecule has 2 rings (SSSR count). The Balaban J connectivity index is 2.00. The first-order chi connectivity index (χ1) is 8.89. The zero-order valence-corrected chi connectivity index (χ0v) is 12.9. The Bertz CT molecular complexity index is 425. The summed E-state index contributed by atoms with van der Waals surface area (Å²) in [5.74, 6) is 1.56. The molecule has 1 aliphatic rings. The molecule has 1 aromatic carbocycles. The Labute approximate surface area is 118 Å². The summed E-state index contributed by atoms with van der Waals surface area (Å²) in [6, 6.07) is 6.59. The van der Waals surface area contributed by atoms with E-state index in [1.807, 2.05) is 0 Å². The van der Waals surface area contributed by atoms with E-state index in [4.69, 9.17) is 0 Å². The van der Waals surface area contributed by atoms with Gasteiger partial charge < -0.3 is 5.11 Å². The summed E-state index contributed by atoms with van der Waals surface area (Å²) in [7, 11) is 0. The van der Waals surface area contributed by atoms with Gasteiger partial charge in [0.1, 0.15) is 0 Å². The Kier molecular flexibility index (Phi) is 4.35. The third-order valence-corrected chi connectivity index (χ3v) is 5.01. The third-order valence-electron chi connectivity index (χ3n) is 5.01. The SMILES string of the molecule is Cc1ccc(CC2(O)CCC(C(C)C)CC2)cc1C. The fraction of sp³-hybridized carbons (Fsp3) is 0.667. The minimum absolute atomic E-state index is 0.465. The molecule has 106 valence electrons. The van der Waals surface area contributed by atoms with Crippen LogP contribution in [0, 0.1) is 25.7 Å². The van der Waals surface area contributed by atoms with Gasteiger partial charge in [-0.2, -0.15) is 0 Å². The van der Waals surface area contributed by atoms with E-state index in [0.717, 1.165) is 31.1 Å². The Morgan fingerprint density at radius 2 is 1.79 bits per heavy atom. The van der Waals surface area contributed by atoms with Gasteiger partial charge in [0.05, 0.1) is 5.60 Å². The van der Waals surface area contributed by atoms with Gasteiger partial charge in [-0.15, -0.1) is 0 Å². The maximum atomic E-state index is 10.8. The van der Waals surface area contributed by atoms with Gasteiger partial charge in [-0.1, -0.05) is 32.0 Å². The second-order valence-corrected chi connectivity index (χ2v) is 6.90. The molecule has 0 heterocycles. The van der Waals surface area contributed by atoms with Gasteiger partial charge in [0, 0.05) is 6.42 Å². The molecule has 1 aromatic rings. The molecule has 0 bridgehead atoms. The lowest BCUT2D eigenvalue weighted by molar-refractivity contribution is -0.0146. The summed E-state index contributed by atoms with van der Waals surface area (Å²) in [6.07, 6.45) is 5.10. The topological polar surface area (TPSA) is 20.2 Å². The van der Waals surface area contributed by atoms with E-state index < -0.39 is 5.60 Å². The summed E-state index contributed by atoms with van der Waals surface area (Å²) in [6.45, 7) is 8.90. The maximum absolute atomic E-state index is 10.8. The molecule has 1 N–H and O–H groups in total. The first kappa shape index (κ1) is 14.6. The van der Waals surface area contributed by atoms with Crippen LogP contribution in [0.3, 0.4) is 0 Å². The second kappa shape index (κ2) is 5.66. The highest BCUT2D eigenvalue weighted by Crippen LogP contribution is 2.37. The lowest BCUT2D eigenvalue weighted by Gasteiger charge is -2.37. The lowest BCUT2D eigenvalue weighted by Crippen LogP contribution is -2.37. The van der Waals surface area contributed by atoms with Crippen molar-refractivity contribution in [3.8, 4) is 0 Å². The van der Waals surface area contributed by atoms with Gasteiger partial charge in [-0.05, 0) is 68.1 Å². The Hall–Kier alpha value is -0.820. The van der Waals surface area contributed by atoms with E-state index >= 15 is 0 Å². The summed E-state index contributed by atoms with van der Waals surface area (Å²) >= 11 is 0. The molecular weight excluding hydrogens is 232 g/mol. The average molecular weight is 260 g/mol. The highest BCUT2D eigenvalue weighted by Gasteiger charge is 2.34. The van der Waals surface area contributed by atoms with Crippen LogP contribution in [0.1, 0.15) is 56.2 Å². The van der Waals surface area contributed by atoms with Gasteiger partial charge >= 0.3 is 0 Å². The molecule has 0 unspecified atom stereocenters. The second-order valence-electron chi connectivity index (χ2n) is 6.90. The van der Waals surface area contributed by atoms with E-state index in [9.17, 15) is 5.11 Å². The number of rotatable bonds is 3. The Morgan fingerprint density at radius 3 is 2.32 bits per heavy atom. The highest BCUT2D eigenvalue weighted by molar-refractivity contribution is 5.30. The van der Waals surface area contributed by atoms with Gasteiger partial charge in [0.15, 0.2) is 0 Å². The molecule has 0 aromatic heterocycles. The van der Waals surface area contributed by atoms with Gasteiger partial charge in [0.25, 0.3) is 0 Å². The summed E-state index contributed by atoms with van der Waals surface area (Å²) in [5.41, 5.74) is 3.48. The van der Waals surface area contributed by atoms with E-state index in [1.54, 1.807) is 0 Å². The molecule has 0 saturated heterocycles. The number of hydrogen-bond donors (Lipinski definition) is 1. The number of benzene rings is 1. The van der Waals surface area contributed by atoms with E-state index in [2.05, 4.69) is 45.9 Å². The van der Waals surface area contributed by atoms with E-state index in [0.29, 0.717) is 0 Å². The molecule has 0 spiro atoms. The van der Waals surface area contributed by atoms with Crippen LogP contribution in [0.15, 0.2) is 18.2 Å². The summed E-state index contributed by atoms with van der Waals surface area (Å²) < 4.78 is 0. The Morgan fingerprint density at radius 1 is 1.16 bits per heavy atom. The monoisotopic (exact) mass is 260 g/mol. The van der Waals surface area contributed by atoms with Crippen molar-refractivity contribution in [2.24, 2.45) is 11.8 Å². The molecular formula is C18H28O. The van der Waals surface area contributed by atoms with E-state index in [1.165, 1.54) is 29.5 Å². The van der Waals surface area contributed by atoms with Crippen LogP contribution in [0.25, 0.3) is 0 Å². The quantitative estimate of drug-likeness (QED) is 0.852. The fourth-order valence-electron chi connectivity index (χ4n) is 3.31. The molecule has 1 heteroatoms. The van der Waals surface area contributed by atoms with Crippen LogP contribution in [-0.4, -0.2) is 10.7 Å². The van der Waals surface area contributed by atoms with Crippen LogP contribution >= 0.6 is 0 Å². The smallest absolute Gasteiger partial charge is 0.0688 e. The zero-order valence-electron chi connectivity index (χ0n) is 12.9. The van der Waals surface area contributed by atoms with Crippen LogP contribution in [0.5, 0.6) is 0 Å². The van der Waals surface area contributed by atoms with Crippen molar-refractivity contribution in [2.75, 3.05) is 0 Å². The molecule has 0 amide bonds. The van der Waals surface area contributed by atoms with Crippen LogP contribution in [-0.2, 0) is 6.42 Å². The number of hydrogen-bond acceptors (Lipinski definition) is 1. The van der Waals surface area contributed by atoms with Gasteiger partial charge in [-0.3, -0.25) is 0 Å². The minimum Gasteiger partial charge on any atom is -0.390 e. The minimum atomic E-state index is -0.465. The molecule has 0 atom stereocenters. The highest BCUT2D eigenvalue weighted by atomic mass is 16.3. The summed E-state index contributed by atoms with van der Waals surface area (Å²) in [5, 5.41) is 10.8. The molecule has 1 saturated carbocycles. The predicted octanol–water partition coefficient (Wildman–Crippen LogP) is 4.42. The summed E-state index contributed by atoms with van der Waals surface area (Å²) in [4.78, 5) is 0. The van der Waals surface area contributed by atoms with Crippen molar-refractivity contribution in [2.45, 2.75) is 65.4 Å². The van der Waals surface area contributed by atoms with Crippen molar-refractivity contribution in [3.63, 3.8) is 0 Å². The van der Waals surface area contributed by atoms with Crippen molar-refractivity contribution in [1.29, 1.82) is 0 Å². The maximum Gasteiger partial charge on any atom is 0.0688 e. The molecule has 0 radical (unpaired) electrons. The number of aryl methyl sites for hydroxylation is 2. The van der Waals surface area contributed by atoms with Crippen LogP contribution in [0.2, 0.25) is 0 Å². The van der Waals surface area contributed by atoms with Crippen LogP contribution < -0.4 is 0 Å². The number of aliphatic hydroxyl groups is 1. The van der Waals surface area contributed by atoms with Gasteiger partial charge in [-0.25, -0.2) is 0 Å². The molecule has 1 fully saturated rings. The van der Waals surface area contributed by atoms with Gasteiger partial charge in [0.2, 0.25) is 0 Å². The van der Waals surface area contributed by atoms with Crippen molar-refractivity contribution >= 4 is 0 Å². The average Bonchev–Trinajstić information content (AvgIpc) is 2.34. The first-order valence-electron chi connectivity index (χ1n) is 7.68. The third kappa shape index (κ3) is 3.60. The fourth-order valence-corrected chi connectivity index (χ4v) is 3.31. The normalized spacial score (nSPS) is 27.8. The van der Waals surface area contributed by atoms with Crippen molar-refractivity contribution < 1.29 is 5.11 Å². The van der Waals surface area contributed by atoms with Crippen molar-refractivity contribution in [3.05, 3.63) is 34.9 Å². The largest absolute Gasteiger partial charge is 0.390 e. The zero-order chi connectivity index (χ0) is 14.0. The predicted molar refractivity (Wildman–Crippen MR) is 81.4 cm³/mol. The molecule has 0 aliphatic heterocycles. The molecule has 1 aliphatic carbocycles. The first-order valence-corrected chi connectivity index (χ1v) is 7.68. The van der Waals surface area contributed by atoms with E-state index in [-0.39, 0.29) is 0 Å². The van der Waals surface area contributed by atoms with Crippen molar-refractivity contribution in [1.82, 2.24) is 0 Å². The van der Waals surface area contributed by atoms with Crippen LogP contribution in [0.4, 0.5) is 0 Å². The molecule has 19 heavy (non-hydrogen) atoms. The molecule has 1 nitrogen and oxygen atoms in total. The lowest BCUT2D eigenvalue weighted by atomic mass is 9.72. The standard InChI is InChI=1S/C18H28O/c1-13(2)17-7-9-18(19,10-8-17)12-16-6-5-14(3)15(4)11-16/h5-6,11,13,17,19H,7-10,12H2,1-4H3.